The van der Waals surface area contributed by atoms with Gasteiger partial charge in [0.15, 0.2) is 5.58 Å². The predicted octanol–water partition coefficient (Wildman–Crippen LogP) is 5.73. The summed E-state index contributed by atoms with van der Waals surface area (Å²) >= 11 is 0. The molecule has 1 atom stereocenters. The van der Waals surface area contributed by atoms with E-state index < -0.39 is 18.6 Å². The summed E-state index contributed by atoms with van der Waals surface area (Å²) in [5.41, 5.74) is 5.13. The monoisotopic (exact) mass is 464 g/mol. The van der Waals surface area contributed by atoms with Gasteiger partial charge in [-0.1, -0.05) is 42.5 Å². The number of hydrogen-bond acceptors (Lipinski definition) is 5. The standard InChI is InChI=1S/C26H22F2N2O4/c1-15-18(16-6-3-2-4-7-16)8-5-9-19(15)24-29-20-12-17(14-30-11-10-21(30)25(31)32)22(34-26(27)28)13-23(20)33-24/h2-9,12-13,21,26H,10-11,14H2,1H3,(H,31,32). The van der Waals surface area contributed by atoms with E-state index in [0.717, 1.165) is 22.3 Å². The van der Waals surface area contributed by atoms with Crippen LogP contribution in [0.1, 0.15) is 17.5 Å². The van der Waals surface area contributed by atoms with E-state index in [1.165, 1.54) is 6.07 Å². The molecule has 1 aliphatic heterocycles. The molecule has 6 nitrogen and oxygen atoms in total. The first-order chi connectivity index (χ1) is 16.4. The zero-order valence-electron chi connectivity index (χ0n) is 18.4. The lowest BCUT2D eigenvalue weighted by atomic mass is 9.96. The Bertz CT molecular complexity index is 1350. The summed E-state index contributed by atoms with van der Waals surface area (Å²) < 4.78 is 36.9. The Morgan fingerprint density at radius 1 is 1.18 bits per heavy atom. The highest BCUT2D eigenvalue weighted by atomic mass is 19.3. The Kier molecular flexibility index (Phi) is 5.75. The smallest absolute Gasteiger partial charge is 0.387 e. The SMILES string of the molecule is Cc1c(-c2ccccc2)cccc1-c1nc2cc(CN3CCC3C(=O)O)c(OC(F)F)cc2o1. The highest BCUT2D eigenvalue weighted by molar-refractivity contribution is 5.82. The Hall–Kier alpha value is -3.78. The molecule has 1 N–H and O–H groups in total. The fourth-order valence-corrected chi connectivity index (χ4v) is 4.37. The summed E-state index contributed by atoms with van der Waals surface area (Å²) in [7, 11) is 0. The number of hydrogen-bond donors (Lipinski definition) is 1. The number of benzene rings is 3. The number of rotatable bonds is 7. The lowest BCUT2D eigenvalue weighted by molar-refractivity contribution is -0.148. The average Bonchev–Trinajstić information content (AvgIpc) is 3.19. The van der Waals surface area contributed by atoms with E-state index in [-0.39, 0.29) is 12.3 Å². The van der Waals surface area contributed by atoms with Crippen LogP contribution >= 0.6 is 0 Å². The van der Waals surface area contributed by atoms with Gasteiger partial charge in [0.05, 0.1) is 0 Å². The molecule has 1 aromatic heterocycles. The molecule has 4 aromatic rings. The van der Waals surface area contributed by atoms with Gasteiger partial charge in [0.1, 0.15) is 17.3 Å². The lowest BCUT2D eigenvalue weighted by Crippen LogP contribution is -2.51. The largest absolute Gasteiger partial charge is 0.480 e. The molecule has 0 saturated carbocycles. The number of carbonyl (C=O) groups is 1. The van der Waals surface area contributed by atoms with Crippen molar-refractivity contribution in [2.24, 2.45) is 0 Å². The zero-order valence-corrected chi connectivity index (χ0v) is 18.4. The van der Waals surface area contributed by atoms with Crippen molar-refractivity contribution >= 4 is 17.1 Å². The molecule has 5 rings (SSSR count). The Balaban J connectivity index is 1.54. The van der Waals surface area contributed by atoms with Crippen LogP contribution in [0.15, 0.2) is 65.1 Å². The van der Waals surface area contributed by atoms with Gasteiger partial charge in [-0.25, -0.2) is 4.98 Å². The maximum absolute atomic E-state index is 13.1. The van der Waals surface area contributed by atoms with E-state index in [1.54, 1.807) is 11.0 Å². The number of alkyl halides is 2. The molecule has 1 unspecified atom stereocenters. The molecule has 2 heterocycles. The number of oxazole rings is 1. The topological polar surface area (TPSA) is 75.8 Å². The number of ether oxygens (including phenoxy) is 1. The summed E-state index contributed by atoms with van der Waals surface area (Å²) in [5.74, 6) is -0.602. The van der Waals surface area contributed by atoms with Crippen molar-refractivity contribution in [1.82, 2.24) is 9.88 Å². The molecular formula is C26H22F2N2O4. The third kappa shape index (κ3) is 4.12. The first-order valence-electron chi connectivity index (χ1n) is 10.9. The van der Waals surface area contributed by atoms with E-state index >= 15 is 0 Å². The molecule has 1 saturated heterocycles. The molecule has 34 heavy (non-hydrogen) atoms. The van der Waals surface area contributed by atoms with Crippen LogP contribution in [-0.2, 0) is 11.3 Å². The number of nitrogens with zero attached hydrogens (tertiary/aromatic N) is 2. The summed E-state index contributed by atoms with van der Waals surface area (Å²) in [4.78, 5) is 17.7. The fraction of sp³-hybridized carbons (Fsp3) is 0.231. The number of likely N-dealkylation sites (tertiary alicyclic amines) is 1. The van der Waals surface area contributed by atoms with Gasteiger partial charge in [0.25, 0.3) is 0 Å². The van der Waals surface area contributed by atoms with E-state index in [4.69, 9.17) is 9.15 Å². The molecule has 3 aromatic carbocycles. The van der Waals surface area contributed by atoms with Crippen molar-refractivity contribution in [2.45, 2.75) is 32.5 Å². The molecule has 0 aliphatic carbocycles. The van der Waals surface area contributed by atoms with Crippen LogP contribution in [0.4, 0.5) is 8.78 Å². The minimum Gasteiger partial charge on any atom is -0.480 e. The fourth-order valence-electron chi connectivity index (χ4n) is 4.37. The molecule has 0 amide bonds. The van der Waals surface area contributed by atoms with Crippen molar-refractivity contribution < 1.29 is 27.8 Å². The molecule has 1 fully saturated rings. The van der Waals surface area contributed by atoms with Gasteiger partial charge in [-0.15, -0.1) is 0 Å². The highest BCUT2D eigenvalue weighted by Gasteiger charge is 2.34. The second-order valence-corrected chi connectivity index (χ2v) is 8.28. The number of halogens is 2. The number of aliphatic carboxylic acids is 1. The van der Waals surface area contributed by atoms with Gasteiger partial charge in [-0.2, -0.15) is 8.78 Å². The van der Waals surface area contributed by atoms with Crippen molar-refractivity contribution in [3.05, 3.63) is 71.8 Å². The third-order valence-electron chi connectivity index (χ3n) is 6.22. The van der Waals surface area contributed by atoms with Crippen molar-refractivity contribution in [3.8, 4) is 28.3 Å². The molecule has 174 valence electrons. The second kappa shape index (κ2) is 8.87. The summed E-state index contributed by atoms with van der Waals surface area (Å²) in [6.07, 6.45) is 0.522. The first kappa shape index (κ1) is 22.0. The second-order valence-electron chi connectivity index (χ2n) is 8.28. The van der Waals surface area contributed by atoms with E-state index in [1.807, 2.05) is 55.5 Å². The maximum atomic E-state index is 13.1. The van der Waals surface area contributed by atoms with Crippen LogP contribution in [0.25, 0.3) is 33.7 Å². The van der Waals surface area contributed by atoms with E-state index in [0.29, 0.717) is 35.5 Å². The van der Waals surface area contributed by atoms with E-state index in [9.17, 15) is 18.7 Å². The van der Waals surface area contributed by atoms with Crippen molar-refractivity contribution in [2.75, 3.05) is 6.54 Å². The lowest BCUT2D eigenvalue weighted by Gasteiger charge is -2.38. The van der Waals surface area contributed by atoms with Crippen molar-refractivity contribution in [3.63, 3.8) is 0 Å². The molecule has 0 radical (unpaired) electrons. The number of carboxylic acids is 1. The predicted molar refractivity (Wildman–Crippen MR) is 123 cm³/mol. The summed E-state index contributed by atoms with van der Waals surface area (Å²) in [6, 6.07) is 18.2. The van der Waals surface area contributed by atoms with Crippen LogP contribution < -0.4 is 4.74 Å². The highest BCUT2D eigenvalue weighted by Crippen LogP contribution is 2.36. The number of carboxylic acid groups (broad SMARTS) is 1. The Morgan fingerprint density at radius 3 is 2.62 bits per heavy atom. The van der Waals surface area contributed by atoms with Crippen LogP contribution in [0.3, 0.4) is 0 Å². The van der Waals surface area contributed by atoms with Crippen LogP contribution in [-0.4, -0.2) is 40.2 Å². The van der Waals surface area contributed by atoms with Crippen LogP contribution in [0.2, 0.25) is 0 Å². The number of aromatic nitrogens is 1. The van der Waals surface area contributed by atoms with Gasteiger partial charge >= 0.3 is 12.6 Å². The van der Waals surface area contributed by atoms with Crippen molar-refractivity contribution in [1.29, 1.82) is 0 Å². The first-order valence-corrected chi connectivity index (χ1v) is 10.9. The van der Waals surface area contributed by atoms with Gasteiger partial charge < -0.3 is 14.3 Å². The average molecular weight is 464 g/mol. The summed E-state index contributed by atoms with van der Waals surface area (Å²) in [6.45, 7) is -0.299. The minimum atomic E-state index is -3.02. The number of fused-ring (bicyclic) bond motifs is 1. The normalized spacial score (nSPS) is 16.1. The van der Waals surface area contributed by atoms with Crippen LogP contribution in [0, 0.1) is 6.92 Å². The maximum Gasteiger partial charge on any atom is 0.387 e. The molecule has 0 bridgehead atoms. The Morgan fingerprint density at radius 2 is 1.94 bits per heavy atom. The third-order valence-corrected chi connectivity index (χ3v) is 6.22. The molecular weight excluding hydrogens is 442 g/mol. The van der Waals surface area contributed by atoms with Gasteiger partial charge in [0, 0.05) is 30.3 Å². The van der Waals surface area contributed by atoms with E-state index in [2.05, 4.69) is 4.98 Å². The van der Waals surface area contributed by atoms with Gasteiger partial charge in [-0.3, -0.25) is 9.69 Å². The molecule has 1 aliphatic rings. The minimum absolute atomic E-state index is 0.0454. The molecule has 0 spiro atoms. The van der Waals surface area contributed by atoms with Gasteiger partial charge in [-0.05, 0) is 42.2 Å². The zero-order chi connectivity index (χ0) is 23.8. The van der Waals surface area contributed by atoms with Gasteiger partial charge in [0.2, 0.25) is 5.89 Å². The Labute approximate surface area is 194 Å². The molecule has 8 heteroatoms. The quantitative estimate of drug-likeness (QED) is 0.376. The van der Waals surface area contributed by atoms with Crippen LogP contribution in [0.5, 0.6) is 5.75 Å². The summed E-state index contributed by atoms with van der Waals surface area (Å²) in [5, 5.41) is 9.31.